The van der Waals surface area contributed by atoms with Gasteiger partial charge in [-0.1, -0.05) is 37.3 Å². The Kier molecular flexibility index (Phi) is 6.54. The van der Waals surface area contributed by atoms with Crippen LogP contribution >= 0.6 is 0 Å². The van der Waals surface area contributed by atoms with Gasteiger partial charge < -0.3 is 20.5 Å². The molecule has 0 aliphatic heterocycles. The molecule has 3 N–H and O–H groups in total. The van der Waals surface area contributed by atoms with Gasteiger partial charge in [-0.3, -0.25) is 9.59 Å². The van der Waals surface area contributed by atoms with Gasteiger partial charge in [-0.2, -0.15) is 0 Å². The first-order valence-corrected chi connectivity index (χ1v) is 8.39. The van der Waals surface area contributed by atoms with Crippen molar-refractivity contribution < 1.29 is 24.2 Å². The van der Waals surface area contributed by atoms with E-state index in [9.17, 15) is 19.5 Å². The molecule has 0 aromatic heterocycles. The molecule has 0 saturated carbocycles. The molecule has 26 heavy (non-hydrogen) atoms. The van der Waals surface area contributed by atoms with Gasteiger partial charge in [0, 0.05) is 11.9 Å². The fourth-order valence-electron chi connectivity index (χ4n) is 2.38. The number of hydrogen-bond acceptors (Lipinski definition) is 5. The van der Waals surface area contributed by atoms with Crippen LogP contribution in [0.2, 0.25) is 0 Å². The molecule has 2 aromatic rings. The summed E-state index contributed by atoms with van der Waals surface area (Å²) < 4.78 is 4.94. The van der Waals surface area contributed by atoms with Crippen molar-refractivity contribution in [2.75, 3.05) is 13.2 Å². The second kappa shape index (κ2) is 8.84. The van der Waals surface area contributed by atoms with Crippen molar-refractivity contribution in [1.82, 2.24) is 10.6 Å². The van der Waals surface area contributed by atoms with Gasteiger partial charge in [0.1, 0.15) is 17.4 Å². The van der Waals surface area contributed by atoms with Crippen molar-refractivity contribution >= 4 is 28.6 Å². The highest BCUT2D eigenvalue weighted by atomic mass is 16.5. The van der Waals surface area contributed by atoms with Gasteiger partial charge in [0.05, 0.1) is 0 Å². The van der Waals surface area contributed by atoms with Gasteiger partial charge in [0.25, 0.3) is 5.91 Å². The van der Waals surface area contributed by atoms with Crippen LogP contribution in [-0.4, -0.2) is 42.1 Å². The zero-order valence-corrected chi connectivity index (χ0v) is 14.7. The van der Waals surface area contributed by atoms with Crippen LogP contribution in [0.3, 0.4) is 0 Å². The van der Waals surface area contributed by atoms with E-state index < -0.39 is 24.5 Å². The molecule has 0 radical (unpaired) electrons. The van der Waals surface area contributed by atoms with Gasteiger partial charge >= 0.3 is 5.97 Å². The first-order valence-electron chi connectivity index (χ1n) is 8.39. The van der Waals surface area contributed by atoms with Crippen LogP contribution in [0, 0.1) is 0 Å². The molecule has 0 spiro atoms. The highest BCUT2D eigenvalue weighted by molar-refractivity contribution is 6.01. The molecule has 0 fully saturated rings. The molecule has 0 unspecified atom stereocenters. The van der Waals surface area contributed by atoms with E-state index in [-0.39, 0.29) is 17.2 Å². The highest BCUT2D eigenvalue weighted by Crippen LogP contribution is 2.28. The maximum atomic E-state index is 12.1. The Morgan fingerprint density at radius 3 is 2.62 bits per heavy atom. The number of carbonyl (C=O) groups is 3. The molecule has 138 valence electrons. The number of ether oxygens (including phenoxy) is 1. The first kappa shape index (κ1) is 19.2. The van der Waals surface area contributed by atoms with E-state index in [1.54, 1.807) is 25.1 Å². The topological polar surface area (TPSA) is 105 Å². The van der Waals surface area contributed by atoms with Crippen LogP contribution in [0.25, 0.3) is 10.8 Å². The number of hydrogen-bond donors (Lipinski definition) is 3. The Balaban J connectivity index is 1.93. The minimum atomic E-state index is -0.813. The smallest absolute Gasteiger partial charge is 0.342 e. The summed E-state index contributed by atoms with van der Waals surface area (Å²) in [5.74, 6) is -1.91. The third kappa shape index (κ3) is 4.72. The molecule has 7 nitrogen and oxygen atoms in total. The van der Waals surface area contributed by atoms with Crippen LogP contribution in [-0.2, 0) is 14.3 Å². The molecule has 2 aromatic carbocycles. The lowest BCUT2D eigenvalue weighted by atomic mass is 10.1. The lowest BCUT2D eigenvalue weighted by molar-refractivity contribution is -0.130. The quantitative estimate of drug-likeness (QED) is 0.654. The van der Waals surface area contributed by atoms with Crippen LogP contribution in [0.15, 0.2) is 36.4 Å². The number of esters is 1. The van der Waals surface area contributed by atoms with Crippen LogP contribution in [0.1, 0.15) is 30.6 Å². The summed E-state index contributed by atoms with van der Waals surface area (Å²) in [6, 6.07) is 9.46. The number of phenolic OH excluding ortho intramolecular Hbond substituents is 1. The molecular formula is C19H22N2O5. The van der Waals surface area contributed by atoms with Gasteiger partial charge in [-0.05, 0) is 24.8 Å². The van der Waals surface area contributed by atoms with Gasteiger partial charge in [0.15, 0.2) is 6.61 Å². The second-order valence-electron chi connectivity index (χ2n) is 5.84. The molecule has 0 saturated heterocycles. The zero-order valence-electron chi connectivity index (χ0n) is 14.7. The zero-order chi connectivity index (χ0) is 19.1. The van der Waals surface area contributed by atoms with Crippen molar-refractivity contribution in [2.45, 2.75) is 26.3 Å². The average molecular weight is 358 g/mol. The molecular weight excluding hydrogens is 336 g/mol. The Morgan fingerprint density at radius 2 is 1.88 bits per heavy atom. The predicted molar refractivity (Wildman–Crippen MR) is 96.8 cm³/mol. The van der Waals surface area contributed by atoms with E-state index in [1.807, 2.05) is 19.1 Å². The monoisotopic (exact) mass is 358 g/mol. The normalized spacial score (nSPS) is 11.6. The Hall–Kier alpha value is -3.09. The molecule has 0 aliphatic rings. The van der Waals surface area contributed by atoms with Crippen LogP contribution in [0.5, 0.6) is 5.75 Å². The minimum Gasteiger partial charge on any atom is -0.506 e. The van der Waals surface area contributed by atoms with E-state index in [0.29, 0.717) is 11.9 Å². The van der Waals surface area contributed by atoms with Gasteiger partial charge in [0.2, 0.25) is 5.91 Å². The molecule has 2 amide bonds. The van der Waals surface area contributed by atoms with E-state index in [1.165, 1.54) is 6.07 Å². The Morgan fingerprint density at radius 1 is 1.15 bits per heavy atom. The number of nitrogens with one attached hydrogen (secondary N) is 2. The summed E-state index contributed by atoms with van der Waals surface area (Å²) in [5.41, 5.74) is -0.0229. The fourth-order valence-corrected chi connectivity index (χ4v) is 2.38. The summed E-state index contributed by atoms with van der Waals surface area (Å²) in [5, 5.41) is 16.6. The van der Waals surface area contributed by atoms with Crippen molar-refractivity contribution in [3.05, 3.63) is 42.0 Å². The van der Waals surface area contributed by atoms with E-state index in [0.717, 1.165) is 11.8 Å². The second-order valence-corrected chi connectivity index (χ2v) is 5.84. The Labute approximate surface area is 151 Å². The van der Waals surface area contributed by atoms with Crippen molar-refractivity contribution in [1.29, 1.82) is 0 Å². The van der Waals surface area contributed by atoms with E-state index in [2.05, 4.69) is 10.6 Å². The number of carbonyl (C=O) groups excluding carboxylic acids is 3. The number of benzene rings is 2. The molecule has 0 aliphatic carbocycles. The lowest BCUT2D eigenvalue weighted by Gasteiger charge is -2.14. The number of fused-ring (bicyclic) bond motifs is 1. The molecule has 0 bridgehead atoms. The van der Waals surface area contributed by atoms with Crippen molar-refractivity contribution in [3.8, 4) is 5.75 Å². The van der Waals surface area contributed by atoms with Crippen LogP contribution < -0.4 is 10.6 Å². The summed E-state index contributed by atoms with van der Waals surface area (Å²) in [7, 11) is 0. The molecule has 2 rings (SSSR count). The number of aromatic hydroxyl groups is 1. The summed E-state index contributed by atoms with van der Waals surface area (Å²) >= 11 is 0. The standard InChI is InChI=1S/C19H22N2O5/c1-3-10-20-18(24)12(2)21-16(22)11-26-19(25)15-9-8-13-6-4-5-7-14(13)17(15)23/h4-9,12,23H,3,10-11H2,1-2H3,(H,20,24)(H,21,22)/t12-/m0/s1. The number of phenols is 1. The summed E-state index contributed by atoms with van der Waals surface area (Å²) in [6.45, 7) is 3.44. The minimum absolute atomic E-state index is 0.0229. The van der Waals surface area contributed by atoms with Crippen LogP contribution in [0.4, 0.5) is 0 Å². The van der Waals surface area contributed by atoms with Crippen molar-refractivity contribution in [2.24, 2.45) is 0 Å². The number of amides is 2. The number of rotatable bonds is 7. The SMILES string of the molecule is CCCNC(=O)[C@H](C)NC(=O)COC(=O)c1ccc2ccccc2c1O. The highest BCUT2D eigenvalue weighted by Gasteiger charge is 2.19. The first-order chi connectivity index (χ1) is 12.4. The van der Waals surface area contributed by atoms with E-state index >= 15 is 0 Å². The molecule has 1 atom stereocenters. The maximum Gasteiger partial charge on any atom is 0.342 e. The molecule has 7 heteroatoms. The predicted octanol–water partition coefficient (Wildman–Crippen LogP) is 1.73. The van der Waals surface area contributed by atoms with Crippen molar-refractivity contribution in [3.63, 3.8) is 0 Å². The average Bonchev–Trinajstić information content (AvgIpc) is 2.64. The van der Waals surface area contributed by atoms with Gasteiger partial charge in [-0.15, -0.1) is 0 Å². The maximum absolute atomic E-state index is 12.1. The Bertz CT molecular complexity index is 819. The lowest BCUT2D eigenvalue weighted by Crippen LogP contribution is -2.46. The largest absolute Gasteiger partial charge is 0.506 e. The third-order valence-electron chi connectivity index (χ3n) is 3.77. The van der Waals surface area contributed by atoms with Gasteiger partial charge in [-0.25, -0.2) is 4.79 Å². The van der Waals surface area contributed by atoms with E-state index in [4.69, 9.17) is 4.74 Å². The molecule has 0 heterocycles. The summed E-state index contributed by atoms with van der Waals surface area (Å²) in [4.78, 5) is 35.7. The fraction of sp³-hybridized carbons (Fsp3) is 0.316. The summed E-state index contributed by atoms with van der Waals surface area (Å²) in [6.07, 6.45) is 0.791. The third-order valence-corrected chi connectivity index (χ3v) is 3.77.